The van der Waals surface area contributed by atoms with Crippen molar-refractivity contribution in [1.82, 2.24) is 10.2 Å². The van der Waals surface area contributed by atoms with E-state index < -0.39 is 18.1 Å². The lowest BCUT2D eigenvalue weighted by Crippen LogP contribution is -2.55. The zero-order chi connectivity index (χ0) is 22.6. The van der Waals surface area contributed by atoms with Gasteiger partial charge in [-0.15, -0.1) is 0 Å². The molecule has 0 saturated carbocycles. The summed E-state index contributed by atoms with van der Waals surface area (Å²) < 4.78 is 5.94. The number of halogens is 1. The van der Waals surface area contributed by atoms with Crippen molar-refractivity contribution in [2.24, 2.45) is 0 Å². The molecule has 0 saturated heterocycles. The van der Waals surface area contributed by atoms with Gasteiger partial charge >= 0.3 is 5.97 Å². The first-order valence-corrected chi connectivity index (χ1v) is 10.7. The zero-order valence-corrected chi connectivity index (χ0v) is 18.9. The molecule has 0 aromatic heterocycles. The average Bonchev–Trinajstić information content (AvgIpc) is 2.71. The lowest BCUT2D eigenvalue weighted by Gasteiger charge is -2.37. The number of aliphatic carboxylic acids is 1. The molecule has 0 radical (unpaired) electrons. The minimum atomic E-state index is -1.07. The highest BCUT2D eigenvalue weighted by Crippen LogP contribution is 2.24. The number of carboxylic acids is 1. The van der Waals surface area contributed by atoms with E-state index in [2.05, 4.69) is 5.32 Å². The van der Waals surface area contributed by atoms with E-state index in [1.807, 2.05) is 49.9 Å². The Balaban J connectivity index is 1.76. The molecule has 1 amide bonds. The molecule has 0 fully saturated rings. The number of nitrogens with zero attached hydrogens (tertiary/aromatic N) is 1. The van der Waals surface area contributed by atoms with Crippen molar-refractivity contribution in [3.8, 4) is 0 Å². The molecular weight excluding hydrogens is 416 g/mol. The van der Waals surface area contributed by atoms with Crippen molar-refractivity contribution in [2.45, 2.75) is 57.8 Å². The second-order valence-electron chi connectivity index (χ2n) is 8.85. The first-order valence-electron chi connectivity index (χ1n) is 10.3. The van der Waals surface area contributed by atoms with Crippen LogP contribution in [-0.2, 0) is 33.7 Å². The minimum Gasteiger partial charge on any atom is -0.480 e. The van der Waals surface area contributed by atoms with Crippen LogP contribution in [0, 0.1) is 0 Å². The Morgan fingerprint density at radius 1 is 1.16 bits per heavy atom. The average molecular weight is 445 g/mol. The fraction of sp³-hybridized carbons (Fsp3) is 0.417. The number of amides is 1. The van der Waals surface area contributed by atoms with Crippen LogP contribution in [0.5, 0.6) is 0 Å². The molecule has 6 nitrogen and oxygen atoms in total. The number of carbonyl (C=O) groups excluding carboxylic acids is 1. The van der Waals surface area contributed by atoms with E-state index in [1.165, 1.54) is 0 Å². The number of ether oxygens (including phenoxy) is 1. The molecule has 3 rings (SSSR count). The van der Waals surface area contributed by atoms with Crippen LogP contribution in [0.25, 0.3) is 0 Å². The Hall–Kier alpha value is -2.41. The number of benzene rings is 2. The highest BCUT2D eigenvalue weighted by Gasteiger charge is 2.34. The molecule has 0 bridgehead atoms. The maximum absolute atomic E-state index is 13.2. The second kappa shape index (κ2) is 9.81. The Kier molecular flexibility index (Phi) is 7.36. The van der Waals surface area contributed by atoms with Crippen LogP contribution in [0.1, 0.15) is 37.5 Å². The normalized spacial score (nSPS) is 17.6. The third-order valence-electron chi connectivity index (χ3n) is 5.28. The van der Waals surface area contributed by atoms with E-state index in [0.29, 0.717) is 18.0 Å². The summed E-state index contributed by atoms with van der Waals surface area (Å²) in [6.07, 6.45) is 0.683. The Bertz CT molecular complexity index is 924. The number of hydrogen-bond acceptors (Lipinski definition) is 4. The molecule has 1 aliphatic heterocycles. The number of carboxylic acid groups (broad SMARTS) is 1. The van der Waals surface area contributed by atoms with Crippen LogP contribution in [0.2, 0.25) is 5.02 Å². The van der Waals surface area contributed by atoms with Crippen molar-refractivity contribution in [3.63, 3.8) is 0 Å². The standard InChI is InChI=1S/C24H29ClN2O4/c1-24(2,3)31-15-27-14-18-7-5-4-6-17(18)13-21(27)22(28)26-20(23(29)30)12-16-8-10-19(25)11-9-16/h4-11,20-21H,12-15H2,1-3H3,(H,26,28)(H,29,30). The van der Waals surface area contributed by atoms with Gasteiger partial charge in [0.25, 0.3) is 0 Å². The summed E-state index contributed by atoms with van der Waals surface area (Å²) >= 11 is 5.91. The van der Waals surface area contributed by atoms with Gasteiger partial charge in [0.15, 0.2) is 0 Å². The number of carbonyl (C=O) groups is 2. The zero-order valence-electron chi connectivity index (χ0n) is 18.1. The van der Waals surface area contributed by atoms with E-state index in [4.69, 9.17) is 16.3 Å². The Labute approximate surface area is 188 Å². The van der Waals surface area contributed by atoms with Gasteiger partial charge < -0.3 is 15.2 Å². The van der Waals surface area contributed by atoms with E-state index in [1.54, 1.807) is 24.3 Å². The largest absolute Gasteiger partial charge is 0.480 e. The summed E-state index contributed by atoms with van der Waals surface area (Å²) in [5, 5.41) is 13.0. The maximum atomic E-state index is 13.2. The molecule has 31 heavy (non-hydrogen) atoms. The van der Waals surface area contributed by atoms with Crippen LogP contribution in [0.15, 0.2) is 48.5 Å². The summed E-state index contributed by atoms with van der Waals surface area (Å²) in [6.45, 7) is 6.75. The molecular formula is C24H29ClN2O4. The third kappa shape index (κ3) is 6.53. The van der Waals surface area contributed by atoms with E-state index in [0.717, 1.165) is 16.7 Å². The third-order valence-corrected chi connectivity index (χ3v) is 5.53. The van der Waals surface area contributed by atoms with Crippen LogP contribution in [-0.4, -0.2) is 46.3 Å². The molecule has 0 spiro atoms. The quantitative estimate of drug-likeness (QED) is 0.681. The molecule has 2 atom stereocenters. The molecule has 2 aromatic carbocycles. The number of rotatable bonds is 7. The van der Waals surface area contributed by atoms with E-state index >= 15 is 0 Å². The van der Waals surface area contributed by atoms with Crippen LogP contribution >= 0.6 is 11.6 Å². The van der Waals surface area contributed by atoms with Crippen LogP contribution in [0.4, 0.5) is 0 Å². The van der Waals surface area contributed by atoms with Crippen LogP contribution < -0.4 is 5.32 Å². The summed E-state index contributed by atoms with van der Waals surface area (Å²) in [6, 6.07) is 13.4. The fourth-order valence-electron chi connectivity index (χ4n) is 3.57. The van der Waals surface area contributed by atoms with Crippen LogP contribution in [0.3, 0.4) is 0 Å². The first kappa shape index (κ1) is 23.3. The number of fused-ring (bicyclic) bond motifs is 1. The predicted octanol–water partition coefficient (Wildman–Crippen LogP) is 3.65. The van der Waals surface area contributed by atoms with Crippen molar-refractivity contribution in [1.29, 1.82) is 0 Å². The second-order valence-corrected chi connectivity index (χ2v) is 9.29. The highest BCUT2D eigenvalue weighted by molar-refractivity contribution is 6.30. The maximum Gasteiger partial charge on any atom is 0.326 e. The van der Waals surface area contributed by atoms with Crippen molar-refractivity contribution < 1.29 is 19.4 Å². The molecule has 1 aliphatic rings. The number of nitrogens with one attached hydrogen (secondary N) is 1. The summed E-state index contributed by atoms with van der Waals surface area (Å²) in [5.74, 6) is -1.38. The van der Waals surface area contributed by atoms with Gasteiger partial charge in [0.1, 0.15) is 12.8 Å². The molecule has 2 aromatic rings. The lowest BCUT2D eigenvalue weighted by molar-refractivity contribution is -0.144. The van der Waals surface area contributed by atoms with Crippen molar-refractivity contribution in [2.75, 3.05) is 6.73 Å². The van der Waals surface area contributed by atoms with E-state index in [9.17, 15) is 14.7 Å². The van der Waals surface area contributed by atoms with Gasteiger partial charge in [-0.1, -0.05) is 48.0 Å². The van der Waals surface area contributed by atoms with Gasteiger partial charge in [-0.3, -0.25) is 9.69 Å². The molecule has 7 heteroatoms. The minimum absolute atomic E-state index is 0.181. The summed E-state index contributed by atoms with van der Waals surface area (Å²) in [7, 11) is 0. The van der Waals surface area contributed by atoms with Gasteiger partial charge in [-0.05, 0) is 56.0 Å². The first-order chi connectivity index (χ1) is 14.6. The van der Waals surface area contributed by atoms with Gasteiger partial charge in [0, 0.05) is 18.0 Å². The van der Waals surface area contributed by atoms with Crippen molar-refractivity contribution >= 4 is 23.5 Å². The Morgan fingerprint density at radius 3 is 2.42 bits per heavy atom. The molecule has 0 aliphatic carbocycles. The summed E-state index contributed by atoms with van der Waals surface area (Å²) in [4.78, 5) is 27.0. The van der Waals surface area contributed by atoms with Gasteiger partial charge in [0.2, 0.25) is 5.91 Å². The lowest BCUT2D eigenvalue weighted by atomic mass is 9.93. The van der Waals surface area contributed by atoms with Crippen molar-refractivity contribution in [3.05, 3.63) is 70.2 Å². The molecule has 166 valence electrons. The van der Waals surface area contributed by atoms with Gasteiger partial charge in [-0.25, -0.2) is 4.79 Å². The molecule has 2 N–H and O–H groups in total. The predicted molar refractivity (Wildman–Crippen MR) is 120 cm³/mol. The SMILES string of the molecule is CC(C)(C)OCN1Cc2ccccc2CC1C(=O)NC(Cc1ccc(Cl)cc1)C(=O)O. The molecule has 2 unspecified atom stereocenters. The van der Waals surface area contributed by atoms with E-state index in [-0.39, 0.29) is 24.7 Å². The summed E-state index contributed by atoms with van der Waals surface area (Å²) in [5.41, 5.74) is 2.69. The Morgan fingerprint density at radius 2 is 1.81 bits per heavy atom. The number of hydrogen-bond donors (Lipinski definition) is 2. The monoisotopic (exact) mass is 444 g/mol. The molecule has 1 heterocycles. The van der Waals surface area contributed by atoms with Gasteiger partial charge in [0.05, 0.1) is 11.6 Å². The topological polar surface area (TPSA) is 78.9 Å². The highest BCUT2D eigenvalue weighted by atomic mass is 35.5. The smallest absolute Gasteiger partial charge is 0.326 e. The fourth-order valence-corrected chi connectivity index (χ4v) is 3.70. The van der Waals surface area contributed by atoms with Gasteiger partial charge in [-0.2, -0.15) is 0 Å².